The summed E-state index contributed by atoms with van der Waals surface area (Å²) in [4.78, 5) is 11.1. The van der Waals surface area contributed by atoms with Gasteiger partial charge >= 0.3 is 0 Å². The van der Waals surface area contributed by atoms with Crippen LogP contribution in [-0.4, -0.2) is 23.1 Å². The van der Waals surface area contributed by atoms with Crippen molar-refractivity contribution in [3.05, 3.63) is 17.7 Å². The summed E-state index contributed by atoms with van der Waals surface area (Å²) in [5, 5.41) is 28.2. The number of phenols is 2. The van der Waals surface area contributed by atoms with Crippen LogP contribution in [-0.2, 0) is 10.2 Å². The van der Waals surface area contributed by atoms with Gasteiger partial charge in [0, 0.05) is 12.8 Å². The molecular formula is C12H11NO4. The van der Waals surface area contributed by atoms with Crippen LogP contribution in [0.3, 0.4) is 0 Å². The quantitative estimate of drug-likeness (QED) is 0.750. The van der Waals surface area contributed by atoms with Gasteiger partial charge in [0.15, 0.2) is 11.5 Å². The maximum Gasteiger partial charge on any atom is 0.200 e. The predicted molar refractivity (Wildman–Crippen MR) is 57.9 cm³/mol. The second-order valence-electron chi connectivity index (χ2n) is 4.13. The summed E-state index contributed by atoms with van der Waals surface area (Å²) in [7, 11) is 1.35. The molecule has 1 aliphatic carbocycles. The van der Waals surface area contributed by atoms with Crippen molar-refractivity contribution in [2.45, 2.75) is 18.3 Å². The molecule has 5 nitrogen and oxygen atoms in total. The third-order valence-corrected chi connectivity index (χ3v) is 3.04. The predicted octanol–water partition coefficient (Wildman–Crippen LogP) is 1.23. The number of benzene rings is 1. The van der Waals surface area contributed by atoms with Crippen molar-refractivity contribution in [2.24, 2.45) is 0 Å². The summed E-state index contributed by atoms with van der Waals surface area (Å²) in [6, 6.07) is 4.87. The van der Waals surface area contributed by atoms with Crippen LogP contribution in [0.4, 0.5) is 0 Å². The van der Waals surface area contributed by atoms with Crippen molar-refractivity contribution in [3.8, 4) is 23.3 Å². The highest BCUT2D eigenvalue weighted by molar-refractivity contribution is 5.90. The smallest absolute Gasteiger partial charge is 0.200 e. The zero-order valence-corrected chi connectivity index (χ0v) is 9.23. The number of Topliss-reactive ketones (excluding diaryl/α,β-unsaturated/α-hetero) is 1. The number of hydrogen-bond acceptors (Lipinski definition) is 5. The molecule has 0 atom stereocenters. The minimum Gasteiger partial charge on any atom is -0.504 e. The largest absolute Gasteiger partial charge is 0.504 e. The molecule has 0 unspecified atom stereocenters. The Labute approximate surface area is 97.9 Å². The number of ketones is 1. The van der Waals surface area contributed by atoms with Gasteiger partial charge in [-0.25, -0.2) is 0 Å². The molecule has 0 radical (unpaired) electrons. The molecule has 0 amide bonds. The van der Waals surface area contributed by atoms with E-state index in [0.717, 1.165) is 0 Å². The minimum absolute atomic E-state index is 0.0121. The topological polar surface area (TPSA) is 90.5 Å². The van der Waals surface area contributed by atoms with E-state index in [0.29, 0.717) is 5.56 Å². The molecule has 2 rings (SSSR count). The van der Waals surface area contributed by atoms with Crippen LogP contribution in [0.15, 0.2) is 12.1 Å². The Kier molecular flexibility index (Phi) is 2.43. The fraction of sp³-hybridized carbons (Fsp3) is 0.333. The van der Waals surface area contributed by atoms with Crippen LogP contribution < -0.4 is 4.74 Å². The van der Waals surface area contributed by atoms with E-state index in [1.165, 1.54) is 19.2 Å². The van der Waals surface area contributed by atoms with Gasteiger partial charge < -0.3 is 14.9 Å². The first-order chi connectivity index (χ1) is 8.02. The monoisotopic (exact) mass is 233 g/mol. The van der Waals surface area contributed by atoms with Gasteiger partial charge in [0.1, 0.15) is 5.78 Å². The maximum absolute atomic E-state index is 11.1. The van der Waals surface area contributed by atoms with E-state index in [4.69, 9.17) is 10.00 Å². The number of aromatic hydroxyl groups is 2. The molecule has 88 valence electrons. The zero-order chi connectivity index (χ0) is 12.6. The molecule has 1 saturated carbocycles. The van der Waals surface area contributed by atoms with Crippen LogP contribution in [0, 0.1) is 11.3 Å². The first kappa shape index (κ1) is 11.3. The van der Waals surface area contributed by atoms with Gasteiger partial charge in [0.2, 0.25) is 5.75 Å². The Bertz CT molecular complexity index is 522. The Balaban J connectivity index is 2.50. The number of nitriles is 1. The summed E-state index contributed by atoms with van der Waals surface area (Å²) in [5.74, 6) is -0.615. The first-order valence-corrected chi connectivity index (χ1v) is 5.06. The van der Waals surface area contributed by atoms with Gasteiger partial charge in [-0.05, 0) is 17.7 Å². The molecule has 0 saturated heterocycles. The molecule has 1 fully saturated rings. The Morgan fingerprint density at radius 1 is 1.41 bits per heavy atom. The van der Waals surface area contributed by atoms with Crippen LogP contribution in [0.25, 0.3) is 0 Å². The van der Waals surface area contributed by atoms with E-state index < -0.39 is 5.41 Å². The van der Waals surface area contributed by atoms with Crippen molar-refractivity contribution in [3.63, 3.8) is 0 Å². The van der Waals surface area contributed by atoms with Gasteiger partial charge in [-0.15, -0.1) is 0 Å². The summed E-state index contributed by atoms with van der Waals surface area (Å²) < 4.78 is 4.90. The van der Waals surface area contributed by atoms with Gasteiger partial charge in [0.05, 0.1) is 18.6 Å². The van der Waals surface area contributed by atoms with Crippen LogP contribution in [0.2, 0.25) is 0 Å². The van der Waals surface area contributed by atoms with Gasteiger partial charge in [-0.2, -0.15) is 5.26 Å². The normalized spacial score (nSPS) is 17.1. The molecule has 0 aromatic heterocycles. The van der Waals surface area contributed by atoms with Crippen LogP contribution in [0.5, 0.6) is 17.2 Å². The Hall–Kier alpha value is -2.22. The van der Waals surface area contributed by atoms with Crippen LogP contribution >= 0.6 is 0 Å². The SMILES string of the molecule is COc1cc(C2(C#N)CC(=O)C2)cc(O)c1O. The number of nitrogens with zero attached hydrogens (tertiary/aromatic N) is 1. The van der Waals surface area contributed by atoms with Crippen molar-refractivity contribution < 1.29 is 19.7 Å². The Morgan fingerprint density at radius 3 is 2.53 bits per heavy atom. The molecule has 0 aliphatic heterocycles. The highest BCUT2D eigenvalue weighted by atomic mass is 16.5. The number of carbonyl (C=O) groups is 1. The van der Waals surface area contributed by atoms with Crippen molar-refractivity contribution >= 4 is 5.78 Å². The average Bonchev–Trinajstić information content (AvgIpc) is 2.28. The summed E-state index contributed by atoms with van der Waals surface area (Å²) in [5.41, 5.74) is -0.401. The van der Waals surface area contributed by atoms with Crippen molar-refractivity contribution in [1.82, 2.24) is 0 Å². The number of ether oxygens (including phenoxy) is 1. The lowest BCUT2D eigenvalue weighted by Gasteiger charge is -2.34. The lowest BCUT2D eigenvalue weighted by atomic mass is 9.64. The number of phenolic OH excluding ortho intramolecular Hbond substituents is 2. The van der Waals surface area contributed by atoms with Crippen molar-refractivity contribution in [1.29, 1.82) is 5.26 Å². The van der Waals surface area contributed by atoms with E-state index in [9.17, 15) is 15.0 Å². The fourth-order valence-corrected chi connectivity index (χ4v) is 1.99. The Morgan fingerprint density at radius 2 is 2.06 bits per heavy atom. The summed E-state index contributed by atoms with van der Waals surface area (Å²) in [6.07, 6.45) is 0.272. The minimum atomic E-state index is -0.893. The van der Waals surface area contributed by atoms with E-state index in [1.807, 2.05) is 0 Å². The molecule has 0 bridgehead atoms. The zero-order valence-electron chi connectivity index (χ0n) is 9.23. The molecule has 1 aromatic rings. The first-order valence-electron chi connectivity index (χ1n) is 5.06. The van der Waals surface area contributed by atoms with E-state index in [2.05, 4.69) is 6.07 Å². The maximum atomic E-state index is 11.1. The summed E-state index contributed by atoms with van der Waals surface area (Å²) >= 11 is 0. The fourth-order valence-electron chi connectivity index (χ4n) is 1.99. The highest BCUT2D eigenvalue weighted by Gasteiger charge is 2.46. The molecule has 17 heavy (non-hydrogen) atoms. The molecule has 1 aromatic carbocycles. The van der Waals surface area contributed by atoms with E-state index in [1.54, 1.807) is 0 Å². The highest BCUT2D eigenvalue weighted by Crippen LogP contribution is 2.46. The third kappa shape index (κ3) is 1.58. The second-order valence-corrected chi connectivity index (χ2v) is 4.13. The van der Waals surface area contributed by atoms with E-state index >= 15 is 0 Å². The molecule has 0 heterocycles. The van der Waals surface area contributed by atoms with Gasteiger partial charge in [0.25, 0.3) is 0 Å². The lowest BCUT2D eigenvalue weighted by molar-refractivity contribution is -0.126. The molecule has 2 N–H and O–H groups in total. The molecular weight excluding hydrogens is 222 g/mol. The number of rotatable bonds is 2. The molecule has 0 spiro atoms. The van der Waals surface area contributed by atoms with Crippen LogP contribution in [0.1, 0.15) is 18.4 Å². The van der Waals surface area contributed by atoms with E-state index in [-0.39, 0.29) is 35.9 Å². The van der Waals surface area contributed by atoms with Gasteiger partial charge in [-0.3, -0.25) is 4.79 Å². The number of hydrogen-bond donors (Lipinski definition) is 2. The lowest BCUT2D eigenvalue weighted by Crippen LogP contribution is -2.40. The number of carbonyl (C=O) groups excluding carboxylic acids is 1. The molecule has 5 heteroatoms. The molecule has 1 aliphatic rings. The average molecular weight is 233 g/mol. The summed E-state index contributed by atoms with van der Waals surface area (Å²) in [6.45, 7) is 0. The second kappa shape index (κ2) is 3.67. The van der Waals surface area contributed by atoms with Gasteiger partial charge in [-0.1, -0.05) is 0 Å². The standard InChI is InChI=1S/C12H11NO4/c1-17-10-3-7(2-9(15)11(10)16)12(6-13)4-8(14)5-12/h2-3,15-16H,4-5H2,1H3. The third-order valence-electron chi connectivity index (χ3n) is 3.04. The van der Waals surface area contributed by atoms with Crippen molar-refractivity contribution in [2.75, 3.05) is 7.11 Å². The number of methoxy groups -OCH3 is 1.